The number of anilines is 4. The number of rotatable bonds is 5. The summed E-state index contributed by atoms with van der Waals surface area (Å²) >= 11 is 1.38. The van der Waals surface area contributed by atoms with Gasteiger partial charge in [0.15, 0.2) is 5.82 Å². The molecule has 27 heavy (non-hydrogen) atoms. The van der Waals surface area contributed by atoms with Crippen LogP contribution in [0.3, 0.4) is 0 Å². The number of hydrogen-bond acceptors (Lipinski definition) is 7. The molecule has 1 aliphatic heterocycles. The Hall–Kier alpha value is -2.67. The molecule has 0 amide bonds. The van der Waals surface area contributed by atoms with Crippen LogP contribution in [0.1, 0.15) is 25.8 Å². The summed E-state index contributed by atoms with van der Waals surface area (Å²) in [5, 5.41) is 11.4. The molecule has 0 unspecified atom stereocenters. The maximum absolute atomic E-state index is 10.5. The van der Waals surface area contributed by atoms with Crippen molar-refractivity contribution in [3.63, 3.8) is 0 Å². The van der Waals surface area contributed by atoms with Crippen LogP contribution >= 0.6 is 11.5 Å². The molecule has 0 spiro atoms. The van der Waals surface area contributed by atoms with E-state index >= 15 is 0 Å². The van der Waals surface area contributed by atoms with Gasteiger partial charge in [-0.25, -0.2) is 9.97 Å². The van der Waals surface area contributed by atoms with Gasteiger partial charge in [-0.05, 0) is 42.5 Å². The molecule has 2 aromatic heterocycles. The molecular weight excluding hydrogens is 358 g/mol. The first kappa shape index (κ1) is 17.7. The number of nitrogens with zero attached hydrogens (tertiary/aromatic N) is 5. The lowest BCUT2D eigenvalue weighted by atomic mass is 10.0. The molecule has 0 atom stereocenters. The quantitative estimate of drug-likeness (QED) is 0.701. The van der Waals surface area contributed by atoms with E-state index in [0.29, 0.717) is 11.7 Å². The maximum Gasteiger partial charge on any atom is 0.209 e. The van der Waals surface area contributed by atoms with Gasteiger partial charge >= 0.3 is 0 Å². The standard InChI is InChI=1S/C20H23N5OS/c1-14(2)12-25(20-22-13-23-27-20)16-8-4-10-21-19(16)24-11-5-7-15-6-3-9-17(26)18(15)24/h3-4,6,8-10,13-14,26H,5,7,11-12H2,1-2H3. The highest BCUT2D eigenvalue weighted by molar-refractivity contribution is 7.09. The van der Waals surface area contributed by atoms with E-state index in [1.807, 2.05) is 12.1 Å². The highest BCUT2D eigenvalue weighted by Gasteiger charge is 2.27. The third kappa shape index (κ3) is 3.47. The monoisotopic (exact) mass is 381 g/mol. The summed E-state index contributed by atoms with van der Waals surface area (Å²) in [5.41, 5.74) is 3.01. The molecule has 0 saturated carbocycles. The topological polar surface area (TPSA) is 65.4 Å². The molecule has 4 rings (SSSR count). The van der Waals surface area contributed by atoms with Crippen LogP contribution in [0.4, 0.5) is 22.3 Å². The largest absolute Gasteiger partial charge is 0.506 e. The average Bonchev–Trinajstić information content (AvgIpc) is 3.20. The zero-order valence-electron chi connectivity index (χ0n) is 15.5. The Kier molecular flexibility index (Phi) is 4.94. The van der Waals surface area contributed by atoms with Gasteiger partial charge in [0.1, 0.15) is 12.1 Å². The Labute approximate surface area is 163 Å². The van der Waals surface area contributed by atoms with Crippen molar-refractivity contribution in [3.8, 4) is 5.75 Å². The van der Waals surface area contributed by atoms with Crippen LogP contribution < -0.4 is 9.80 Å². The van der Waals surface area contributed by atoms with E-state index < -0.39 is 0 Å². The molecule has 140 valence electrons. The van der Waals surface area contributed by atoms with Crippen molar-refractivity contribution in [1.82, 2.24) is 14.3 Å². The summed E-state index contributed by atoms with van der Waals surface area (Å²) in [5.74, 6) is 1.59. The van der Waals surface area contributed by atoms with Gasteiger partial charge in [0.25, 0.3) is 0 Å². The molecule has 7 heteroatoms. The van der Waals surface area contributed by atoms with Crippen molar-refractivity contribution in [1.29, 1.82) is 0 Å². The lowest BCUT2D eigenvalue weighted by molar-refractivity contribution is 0.473. The first-order valence-corrected chi connectivity index (χ1v) is 10.00. The van der Waals surface area contributed by atoms with Gasteiger partial charge in [0.05, 0.1) is 11.4 Å². The van der Waals surface area contributed by atoms with E-state index in [1.165, 1.54) is 11.5 Å². The number of hydrogen-bond donors (Lipinski definition) is 1. The third-order valence-electron chi connectivity index (χ3n) is 4.64. The third-order valence-corrected chi connectivity index (χ3v) is 5.33. The molecule has 1 N–H and O–H groups in total. The number of aromatic hydroxyl groups is 1. The van der Waals surface area contributed by atoms with Crippen LogP contribution in [0.5, 0.6) is 5.75 Å². The Morgan fingerprint density at radius 1 is 1.22 bits per heavy atom. The molecule has 1 aromatic carbocycles. The van der Waals surface area contributed by atoms with Gasteiger partial charge < -0.3 is 14.9 Å². The second-order valence-electron chi connectivity index (χ2n) is 7.11. The Morgan fingerprint density at radius 2 is 2.11 bits per heavy atom. The Bertz CT molecular complexity index is 912. The summed E-state index contributed by atoms with van der Waals surface area (Å²) < 4.78 is 4.18. The highest BCUT2D eigenvalue weighted by atomic mass is 32.1. The van der Waals surface area contributed by atoms with Crippen molar-refractivity contribution in [2.75, 3.05) is 22.9 Å². The molecule has 1 aliphatic rings. The van der Waals surface area contributed by atoms with Gasteiger partial charge in [-0.15, -0.1) is 0 Å². The number of aromatic nitrogens is 3. The Balaban J connectivity index is 1.83. The number of para-hydroxylation sites is 1. The van der Waals surface area contributed by atoms with Crippen LogP contribution in [0.15, 0.2) is 42.9 Å². The fourth-order valence-corrected chi connectivity index (χ4v) is 4.13. The average molecular weight is 382 g/mol. The lowest BCUT2D eigenvalue weighted by Crippen LogP contribution is -2.29. The molecule has 0 radical (unpaired) electrons. The van der Waals surface area contributed by atoms with Crippen LogP contribution in [0.2, 0.25) is 0 Å². The van der Waals surface area contributed by atoms with E-state index in [4.69, 9.17) is 4.98 Å². The number of aryl methyl sites for hydroxylation is 1. The Morgan fingerprint density at radius 3 is 2.89 bits per heavy atom. The van der Waals surface area contributed by atoms with Gasteiger partial charge in [0.2, 0.25) is 5.13 Å². The van der Waals surface area contributed by atoms with Crippen molar-refractivity contribution in [2.24, 2.45) is 5.92 Å². The molecule has 0 fully saturated rings. The summed E-state index contributed by atoms with van der Waals surface area (Å²) in [6, 6.07) is 9.75. The van der Waals surface area contributed by atoms with E-state index in [9.17, 15) is 5.11 Å². The van der Waals surface area contributed by atoms with Crippen molar-refractivity contribution >= 4 is 33.9 Å². The number of phenols is 1. The molecule has 0 saturated heterocycles. The van der Waals surface area contributed by atoms with Crippen molar-refractivity contribution < 1.29 is 5.11 Å². The molecule has 6 nitrogen and oxygen atoms in total. The minimum absolute atomic E-state index is 0.301. The van der Waals surface area contributed by atoms with Gasteiger partial charge in [0, 0.05) is 30.8 Å². The summed E-state index contributed by atoms with van der Waals surface area (Å²) in [7, 11) is 0. The molecule has 0 aliphatic carbocycles. The molecule has 3 aromatic rings. The van der Waals surface area contributed by atoms with E-state index in [1.54, 1.807) is 18.6 Å². The summed E-state index contributed by atoms with van der Waals surface area (Å²) in [4.78, 5) is 13.5. The van der Waals surface area contributed by atoms with Crippen molar-refractivity contribution in [3.05, 3.63) is 48.4 Å². The number of pyridine rings is 1. The fraction of sp³-hybridized carbons (Fsp3) is 0.350. The molecular formula is C20H23N5OS. The van der Waals surface area contributed by atoms with E-state index in [0.717, 1.165) is 53.8 Å². The maximum atomic E-state index is 10.5. The number of phenolic OH excluding ortho intramolecular Hbond substituents is 1. The summed E-state index contributed by atoms with van der Waals surface area (Å²) in [6.45, 7) is 6.01. The number of fused-ring (bicyclic) bond motifs is 1. The lowest BCUT2D eigenvalue weighted by Gasteiger charge is -2.34. The highest BCUT2D eigenvalue weighted by Crippen LogP contribution is 2.43. The SMILES string of the molecule is CC(C)CN(c1ncns1)c1cccnc1N1CCCc2cccc(O)c21. The molecule has 0 bridgehead atoms. The predicted octanol–water partition coefficient (Wildman–Crippen LogP) is 4.52. The zero-order valence-corrected chi connectivity index (χ0v) is 16.4. The normalized spacial score (nSPS) is 13.7. The second kappa shape index (κ2) is 7.52. The van der Waals surface area contributed by atoms with Crippen LogP contribution in [-0.4, -0.2) is 32.5 Å². The first-order valence-electron chi connectivity index (χ1n) is 9.22. The minimum atomic E-state index is 0.301. The molecule has 3 heterocycles. The van der Waals surface area contributed by atoms with Gasteiger partial charge in [-0.1, -0.05) is 26.0 Å². The zero-order chi connectivity index (χ0) is 18.8. The second-order valence-corrected chi connectivity index (χ2v) is 7.87. The van der Waals surface area contributed by atoms with Gasteiger partial charge in [-0.2, -0.15) is 4.37 Å². The minimum Gasteiger partial charge on any atom is -0.506 e. The van der Waals surface area contributed by atoms with Crippen molar-refractivity contribution in [2.45, 2.75) is 26.7 Å². The summed E-state index contributed by atoms with van der Waals surface area (Å²) in [6.07, 6.45) is 5.39. The fourth-order valence-electron chi connectivity index (χ4n) is 3.58. The first-order chi connectivity index (χ1) is 13.1. The van der Waals surface area contributed by atoms with Gasteiger partial charge in [-0.3, -0.25) is 0 Å². The van der Waals surface area contributed by atoms with E-state index in [2.05, 4.69) is 45.1 Å². The predicted molar refractivity (Wildman–Crippen MR) is 109 cm³/mol. The smallest absolute Gasteiger partial charge is 0.209 e. The van der Waals surface area contributed by atoms with Crippen LogP contribution in [-0.2, 0) is 6.42 Å². The van der Waals surface area contributed by atoms with Crippen LogP contribution in [0, 0.1) is 5.92 Å². The number of benzene rings is 1. The van der Waals surface area contributed by atoms with E-state index in [-0.39, 0.29) is 0 Å². The van der Waals surface area contributed by atoms with Crippen LogP contribution in [0.25, 0.3) is 0 Å².